The van der Waals surface area contributed by atoms with Crippen molar-refractivity contribution in [2.24, 2.45) is 0 Å². The van der Waals surface area contributed by atoms with Crippen molar-refractivity contribution in [1.82, 2.24) is 15.3 Å². The largest absolute Gasteiger partial charge is 0.351 e. The van der Waals surface area contributed by atoms with E-state index in [4.69, 9.17) is 11.6 Å². The Morgan fingerprint density at radius 2 is 1.90 bits per heavy atom. The Morgan fingerprint density at radius 1 is 1.16 bits per heavy atom. The third-order valence-corrected chi connectivity index (χ3v) is 8.00. The zero-order valence-corrected chi connectivity index (χ0v) is 19.1. The molecule has 10 heteroatoms. The lowest BCUT2D eigenvalue weighted by Gasteiger charge is -2.16. The van der Waals surface area contributed by atoms with Crippen LogP contribution in [0, 0.1) is 0 Å². The zero-order valence-electron chi connectivity index (χ0n) is 16.7. The molecule has 31 heavy (non-hydrogen) atoms. The summed E-state index contributed by atoms with van der Waals surface area (Å²) >= 11 is 7.51. The number of carbonyl (C=O) groups excluding carboxylic acids is 1. The highest BCUT2D eigenvalue weighted by Gasteiger charge is 2.30. The van der Waals surface area contributed by atoms with Gasteiger partial charge in [0.1, 0.15) is 5.82 Å². The van der Waals surface area contributed by atoms with Crippen molar-refractivity contribution in [3.05, 3.63) is 53.6 Å². The number of nitrogens with zero attached hydrogens (tertiary/aromatic N) is 2. The second-order valence-corrected chi connectivity index (χ2v) is 11.3. The molecule has 3 aromatic rings. The molecule has 4 rings (SSSR count). The van der Waals surface area contributed by atoms with Crippen molar-refractivity contribution in [1.29, 1.82) is 0 Å². The highest BCUT2D eigenvalue weighted by molar-refractivity contribution is 8.00. The Labute approximate surface area is 189 Å². The van der Waals surface area contributed by atoms with E-state index >= 15 is 0 Å². The predicted octanol–water partition coefficient (Wildman–Crippen LogP) is 3.81. The summed E-state index contributed by atoms with van der Waals surface area (Å²) in [5, 5.41) is 7.44. The summed E-state index contributed by atoms with van der Waals surface area (Å²) < 4.78 is 23.3. The Morgan fingerprint density at radius 3 is 2.65 bits per heavy atom. The first kappa shape index (κ1) is 21.9. The van der Waals surface area contributed by atoms with Gasteiger partial charge in [0.15, 0.2) is 15.0 Å². The first-order valence-corrected chi connectivity index (χ1v) is 12.8. The van der Waals surface area contributed by atoms with E-state index in [1.165, 1.54) is 11.8 Å². The molecule has 0 spiro atoms. The molecule has 0 unspecified atom stereocenters. The third-order valence-electron chi connectivity index (χ3n) is 4.94. The lowest BCUT2D eigenvalue weighted by Crippen LogP contribution is -2.40. The predicted molar refractivity (Wildman–Crippen MR) is 125 cm³/mol. The average Bonchev–Trinajstić information content (AvgIpc) is 3.07. The lowest BCUT2D eigenvalue weighted by atomic mass is 10.2. The van der Waals surface area contributed by atoms with Gasteiger partial charge in [-0.15, -0.1) is 0 Å². The van der Waals surface area contributed by atoms with E-state index in [1.807, 2.05) is 42.5 Å². The fourth-order valence-electron chi connectivity index (χ4n) is 3.33. The van der Waals surface area contributed by atoms with E-state index in [0.29, 0.717) is 22.4 Å². The van der Waals surface area contributed by atoms with Gasteiger partial charge in [-0.25, -0.2) is 18.4 Å². The molecule has 162 valence electrons. The number of carbonyl (C=O) groups is 1. The summed E-state index contributed by atoms with van der Waals surface area (Å²) in [6, 6.07) is 14.6. The first-order valence-electron chi connectivity index (χ1n) is 9.76. The molecule has 1 amide bonds. The van der Waals surface area contributed by atoms with Crippen LogP contribution in [0.25, 0.3) is 10.9 Å². The van der Waals surface area contributed by atoms with E-state index in [0.717, 1.165) is 16.6 Å². The molecule has 1 aliphatic rings. The monoisotopic (exact) mass is 476 g/mol. The number of anilines is 2. The number of amides is 1. The molecule has 0 radical (unpaired) electrons. The van der Waals surface area contributed by atoms with Crippen LogP contribution in [0.1, 0.15) is 13.3 Å². The molecular formula is C21H21ClN4O3S2. The van der Waals surface area contributed by atoms with E-state index in [-0.39, 0.29) is 23.5 Å². The van der Waals surface area contributed by atoms with Gasteiger partial charge in [-0.05, 0) is 37.6 Å². The summed E-state index contributed by atoms with van der Waals surface area (Å²) in [6.07, 6.45) is 0.448. The van der Waals surface area contributed by atoms with Gasteiger partial charge in [-0.1, -0.05) is 47.6 Å². The van der Waals surface area contributed by atoms with E-state index < -0.39 is 15.1 Å². The molecule has 2 atom stereocenters. The second-order valence-electron chi connectivity index (χ2n) is 7.35. The number of halogens is 1. The summed E-state index contributed by atoms with van der Waals surface area (Å²) in [4.78, 5) is 21.8. The highest BCUT2D eigenvalue weighted by Crippen LogP contribution is 2.31. The molecule has 1 fully saturated rings. The van der Waals surface area contributed by atoms with E-state index in [2.05, 4.69) is 20.6 Å². The number of fused-ring (bicyclic) bond motifs is 1. The van der Waals surface area contributed by atoms with Crippen LogP contribution < -0.4 is 10.6 Å². The highest BCUT2D eigenvalue weighted by atomic mass is 35.5. The molecule has 2 N–H and O–H groups in total. The van der Waals surface area contributed by atoms with Crippen molar-refractivity contribution in [3.63, 3.8) is 0 Å². The summed E-state index contributed by atoms with van der Waals surface area (Å²) in [5.41, 5.74) is 1.46. The number of hydrogen-bond acceptors (Lipinski definition) is 7. The van der Waals surface area contributed by atoms with Crippen LogP contribution in [-0.2, 0) is 14.6 Å². The lowest BCUT2D eigenvalue weighted by molar-refractivity contribution is -0.120. The quantitative estimate of drug-likeness (QED) is 0.412. The summed E-state index contributed by atoms with van der Waals surface area (Å²) in [7, 11) is -3.05. The van der Waals surface area contributed by atoms with Crippen LogP contribution in [0.3, 0.4) is 0 Å². The van der Waals surface area contributed by atoms with Gasteiger partial charge >= 0.3 is 0 Å². The Bertz CT molecular complexity index is 1240. The molecule has 1 aliphatic heterocycles. The summed E-state index contributed by atoms with van der Waals surface area (Å²) in [5.74, 6) is 0.471. The van der Waals surface area contributed by atoms with Crippen molar-refractivity contribution in [2.75, 3.05) is 16.8 Å². The minimum Gasteiger partial charge on any atom is -0.351 e. The van der Waals surface area contributed by atoms with E-state index in [9.17, 15) is 13.2 Å². The topological polar surface area (TPSA) is 101 Å². The van der Waals surface area contributed by atoms with Crippen LogP contribution in [0.2, 0.25) is 5.02 Å². The Balaban J connectivity index is 1.55. The average molecular weight is 477 g/mol. The standard InChI is InChI=1S/C21H21ClN4O3S2/c1-13(20(27)23-14-10-11-31(28,29)12-14)30-21-25-17-8-4-2-6-15(17)19(26-21)24-18-9-5-3-7-16(18)22/h2-9,13-14H,10-12H2,1H3,(H,23,27)(H,24,25,26)/t13-,14+/m1/s1. The number of rotatable bonds is 6. The maximum Gasteiger partial charge on any atom is 0.233 e. The SMILES string of the molecule is C[C@@H](Sc1nc(Nc2ccccc2Cl)c2ccccc2n1)C(=O)N[C@H]1CCS(=O)(=O)C1. The fourth-order valence-corrected chi connectivity index (χ4v) is 5.98. The third kappa shape index (κ3) is 5.28. The second kappa shape index (κ2) is 9.02. The zero-order chi connectivity index (χ0) is 22.0. The number of thioether (sulfide) groups is 1. The molecule has 1 saturated heterocycles. The number of nitrogens with one attached hydrogen (secondary N) is 2. The number of sulfone groups is 1. The van der Waals surface area contributed by atoms with Gasteiger partial charge in [0.05, 0.1) is 33.0 Å². The van der Waals surface area contributed by atoms with Crippen LogP contribution in [0.5, 0.6) is 0 Å². The van der Waals surface area contributed by atoms with Gasteiger partial charge in [0.25, 0.3) is 0 Å². The van der Waals surface area contributed by atoms with Crippen molar-refractivity contribution in [2.45, 2.75) is 29.8 Å². The Hall–Kier alpha value is -2.36. The van der Waals surface area contributed by atoms with Crippen LogP contribution in [-0.4, -0.2) is 47.1 Å². The normalized spacial score (nSPS) is 18.6. The number of hydrogen-bond donors (Lipinski definition) is 2. The van der Waals surface area contributed by atoms with Crippen LogP contribution in [0.15, 0.2) is 53.7 Å². The van der Waals surface area contributed by atoms with Gasteiger partial charge < -0.3 is 10.6 Å². The minimum atomic E-state index is -3.05. The van der Waals surface area contributed by atoms with Gasteiger partial charge in [0, 0.05) is 11.4 Å². The molecule has 0 saturated carbocycles. The maximum absolute atomic E-state index is 12.6. The van der Waals surface area contributed by atoms with Crippen LogP contribution >= 0.6 is 23.4 Å². The van der Waals surface area contributed by atoms with Crippen molar-refractivity contribution < 1.29 is 13.2 Å². The molecule has 0 aliphatic carbocycles. The summed E-state index contributed by atoms with van der Waals surface area (Å²) in [6.45, 7) is 1.75. The first-order chi connectivity index (χ1) is 14.8. The Kier molecular flexibility index (Phi) is 6.36. The van der Waals surface area contributed by atoms with Gasteiger partial charge in [-0.2, -0.15) is 0 Å². The molecule has 2 aromatic carbocycles. The molecule has 1 aromatic heterocycles. The van der Waals surface area contributed by atoms with Crippen molar-refractivity contribution in [3.8, 4) is 0 Å². The number of benzene rings is 2. The van der Waals surface area contributed by atoms with Gasteiger partial charge in [0.2, 0.25) is 5.91 Å². The molecule has 7 nitrogen and oxygen atoms in total. The van der Waals surface area contributed by atoms with Crippen molar-refractivity contribution >= 4 is 61.5 Å². The maximum atomic E-state index is 12.6. The molecule has 2 heterocycles. The minimum absolute atomic E-state index is 0.00545. The van der Waals surface area contributed by atoms with E-state index in [1.54, 1.807) is 13.0 Å². The molecular weight excluding hydrogens is 456 g/mol. The fraction of sp³-hybridized carbons (Fsp3) is 0.286. The number of aromatic nitrogens is 2. The molecule has 0 bridgehead atoms. The smallest absolute Gasteiger partial charge is 0.233 e. The number of para-hydroxylation sites is 2. The van der Waals surface area contributed by atoms with Crippen LogP contribution in [0.4, 0.5) is 11.5 Å². The van der Waals surface area contributed by atoms with Gasteiger partial charge in [-0.3, -0.25) is 4.79 Å².